The smallest absolute Gasteiger partial charge is 0.173 e. The second-order valence-corrected chi connectivity index (χ2v) is 4.66. The average molecular weight is 282 g/mol. The molecule has 1 aromatic carbocycles. The van der Waals surface area contributed by atoms with E-state index in [1.54, 1.807) is 25.3 Å². The Labute approximate surface area is 119 Å². The van der Waals surface area contributed by atoms with Gasteiger partial charge in [0, 0.05) is 12.7 Å². The van der Waals surface area contributed by atoms with Crippen LogP contribution in [0, 0.1) is 5.92 Å². The van der Waals surface area contributed by atoms with E-state index in [-0.39, 0.29) is 5.84 Å². The lowest BCUT2D eigenvalue weighted by molar-refractivity contribution is 0.0818. The van der Waals surface area contributed by atoms with Crippen LogP contribution in [0.2, 0.25) is 0 Å². The molecule has 0 aliphatic carbocycles. The van der Waals surface area contributed by atoms with E-state index in [0.29, 0.717) is 42.8 Å². The molecule has 0 bridgehead atoms. The molecule has 0 spiro atoms. The Morgan fingerprint density at radius 3 is 2.70 bits per heavy atom. The molecule has 3 N–H and O–H groups in total. The van der Waals surface area contributed by atoms with Crippen molar-refractivity contribution in [3.8, 4) is 11.5 Å². The average Bonchev–Trinajstić information content (AvgIpc) is 2.45. The summed E-state index contributed by atoms with van der Waals surface area (Å²) in [5, 5.41) is 11.7. The zero-order valence-electron chi connectivity index (χ0n) is 12.1. The van der Waals surface area contributed by atoms with Crippen molar-refractivity contribution in [3.63, 3.8) is 0 Å². The minimum atomic E-state index is -0.00856. The highest BCUT2D eigenvalue weighted by Crippen LogP contribution is 2.24. The molecule has 0 aliphatic rings. The van der Waals surface area contributed by atoms with Crippen LogP contribution >= 0.6 is 0 Å². The second kappa shape index (κ2) is 8.27. The number of hydrogen-bond acceptors (Lipinski definition) is 5. The number of methoxy groups -OCH3 is 1. The molecule has 0 unspecified atom stereocenters. The molecular formula is C14H22N2O4. The van der Waals surface area contributed by atoms with Gasteiger partial charge in [0.25, 0.3) is 0 Å². The van der Waals surface area contributed by atoms with Crippen LogP contribution in [-0.2, 0) is 4.74 Å². The van der Waals surface area contributed by atoms with Gasteiger partial charge in [0.1, 0.15) is 18.1 Å². The third-order valence-electron chi connectivity index (χ3n) is 2.51. The number of rotatable bonds is 8. The Hall–Kier alpha value is -1.95. The van der Waals surface area contributed by atoms with Crippen LogP contribution in [0.15, 0.2) is 23.4 Å². The first-order valence-electron chi connectivity index (χ1n) is 6.45. The third kappa shape index (κ3) is 4.97. The molecule has 0 radical (unpaired) electrons. The number of amidine groups is 1. The number of benzene rings is 1. The van der Waals surface area contributed by atoms with E-state index in [1.807, 2.05) is 0 Å². The first-order chi connectivity index (χ1) is 9.58. The summed E-state index contributed by atoms with van der Waals surface area (Å²) >= 11 is 0. The van der Waals surface area contributed by atoms with Gasteiger partial charge in [-0.3, -0.25) is 0 Å². The molecule has 0 amide bonds. The van der Waals surface area contributed by atoms with Gasteiger partial charge in [-0.2, -0.15) is 0 Å². The number of ether oxygens (including phenoxy) is 3. The topological polar surface area (TPSA) is 86.3 Å². The number of oxime groups is 1. The van der Waals surface area contributed by atoms with E-state index in [0.717, 1.165) is 0 Å². The van der Waals surface area contributed by atoms with Gasteiger partial charge in [-0.05, 0) is 18.1 Å². The molecule has 6 heteroatoms. The molecule has 6 nitrogen and oxygen atoms in total. The van der Waals surface area contributed by atoms with E-state index in [9.17, 15) is 0 Å². The van der Waals surface area contributed by atoms with Crippen LogP contribution < -0.4 is 15.2 Å². The van der Waals surface area contributed by atoms with Crippen LogP contribution in [0.1, 0.15) is 19.4 Å². The van der Waals surface area contributed by atoms with Gasteiger partial charge in [0.2, 0.25) is 0 Å². The summed E-state index contributed by atoms with van der Waals surface area (Å²) in [7, 11) is 1.56. The molecule has 112 valence electrons. The highest BCUT2D eigenvalue weighted by molar-refractivity contribution is 5.99. The van der Waals surface area contributed by atoms with Crippen molar-refractivity contribution < 1.29 is 19.4 Å². The summed E-state index contributed by atoms with van der Waals surface area (Å²) in [6.07, 6.45) is 0. The van der Waals surface area contributed by atoms with Crippen LogP contribution in [0.4, 0.5) is 0 Å². The SMILES string of the molecule is COc1ccc(/C(N)=N/O)c(OCCOCC(C)C)c1. The first-order valence-corrected chi connectivity index (χ1v) is 6.45. The predicted octanol–water partition coefficient (Wildman–Crippen LogP) is 1.84. The van der Waals surface area contributed by atoms with Gasteiger partial charge >= 0.3 is 0 Å². The van der Waals surface area contributed by atoms with Crippen molar-refractivity contribution >= 4 is 5.84 Å². The Balaban J connectivity index is 2.66. The number of hydrogen-bond donors (Lipinski definition) is 2. The molecule has 20 heavy (non-hydrogen) atoms. The quantitative estimate of drug-likeness (QED) is 0.250. The minimum absolute atomic E-state index is 0.00856. The monoisotopic (exact) mass is 282 g/mol. The number of nitrogens with two attached hydrogens (primary N) is 1. The van der Waals surface area contributed by atoms with Crippen molar-refractivity contribution in [2.24, 2.45) is 16.8 Å². The van der Waals surface area contributed by atoms with E-state index in [2.05, 4.69) is 19.0 Å². The van der Waals surface area contributed by atoms with E-state index in [1.165, 1.54) is 0 Å². The second-order valence-electron chi connectivity index (χ2n) is 4.66. The van der Waals surface area contributed by atoms with Gasteiger partial charge in [-0.1, -0.05) is 19.0 Å². The van der Waals surface area contributed by atoms with Crippen molar-refractivity contribution in [1.29, 1.82) is 0 Å². The van der Waals surface area contributed by atoms with Crippen molar-refractivity contribution in [2.75, 3.05) is 26.9 Å². The summed E-state index contributed by atoms with van der Waals surface area (Å²) < 4.78 is 16.2. The van der Waals surface area contributed by atoms with Gasteiger partial charge in [-0.25, -0.2) is 0 Å². The Morgan fingerprint density at radius 1 is 1.35 bits per heavy atom. The largest absolute Gasteiger partial charge is 0.497 e. The van der Waals surface area contributed by atoms with Gasteiger partial charge in [0.05, 0.1) is 19.3 Å². The fourth-order valence-electron chi connectivity index (χ4n) is 1.54. The molecule has 0 saturated carbocycles. The Kier molecular flexibility index (Phi) is 6.66. The maximum atomic E-state index is 8.76. The van der Waals surface area contributed by atoms with Crippen LogP contribution in [0.5, 0.6) is 11.5 Å². The lowest BCUT2D eigenvalue weighted by Crippen LogP contribution is -2.16. The zero-order valence-corrected chi connectivity index (χ0v) is 12.1. The normalized spacial score (nSPS) is 11.7. The molecule has 0 heterocycles. The first kappa shape index (κ1) is 16.1. The standard InChI is InChI=1S/C14H22N2O4/c1-10(2)9-19-6-7-20-13-8-11(18-3)4-5-12(13)14(15)16-17/h4-5,8,10,17H,6-7,9H2,1-3H3,(H2,15,16). The van der Waals surface area contributed by atoms with Gasteiger partial charge < -0.3 is 25.2 Å². The molecular weight excluding hydrogens is 260 g/mol. The summed E-state index contributed by atoms with van der Waals surface area (Å²) in [6.45, 7) is 5.71. The Morgan fingerprint density at radius 2 is 2.10 bits per heavy atom. The molecule has 0 aromatic heterocycles. The minimum Gasteiger partial charge on any atom is -0.497 e. The van der Waals surface area contributed by atoms with Crippen molar-refractivity contribution in [3.05, 3.63) is 23.8 Å². The van der Waals surface area contributed by atoms with Crippen LogP contribution in [0.3, 0.4) is 0 Å². The maximum Gasteiger partial charge on any atom is 0.173 e. The van der Waals surface area contributed by atoms with E-state index < -0.39 is 0 Å². The summed E-state index contributed by atoms with van der Waals surface area (Å²) in [5.74, 6) is 1.61. The van der Waals surface area contributed by atoms with Gasteiger partial charge in [0.15, 0.2) is 5.84 Å². The van der Waals surface area contributed by atoms with E-state index >= 15 is 0 Å². The van der Waals surface area contributed by atoms with Crippen molar-refractivity contribution in [1.82, 2.24) is 0 Å². The molecule has 1 aromatic rings. The lowest BCUT2D eigenvalue weighted by atomic mass is 10.2. The van der Waals surface area contributed by atoms with Gasteiger partial charge in [-0.15, -0.1) is 0 Å². The fraction of sp³-hybridized carbons (Fsp3) is 0.500. The molecule has 0 atom stereocenters. The summed E-state index contributed by atoms with van der Waals surface area (Å²) in [4.78, 5) is 0. The maximum absolute atomic E-state index is 8.76. The van der Waals surface area contributed by atoms with Crippen molar-refractivity contribution in [2.45, 2.75) is 13.8 Å². The Bertz CT molecular complexity index is 447. The third-order valence-corrected chi connectivity index (χ3v) is 2.51. The molecule has 0 fully saturated rings. The lowest BCUT2D eigenvalue weighted by Gasteiger charge is -2.13. The van der Waals surface area contributed by atoms with Crippen LogP contribution in [-0.4, -0.2) is 38.0 Å². The fourth-order valence-corrected chi connectivity index (χ4v) is 1.54. The molecule has 0 saturated heterocycles. The molecule has 0 aliphatic heterocycles. The zero-order chi connectivity index (χ0) is 15.0. The highest BCUT2D eigenvalue weighted by Gasteiger charge is 2.10. The predicted molar refractivity (Wildman–Crippen MR) is 76.7 cm³/mol. The summed E-state index contributed by atoms with van der Waals surface area (Å²) in [5.41, 5.74) is 6.12. The number of nitrogens with zero attached hydrogens (tertiary/aromatic N) is 1. The van der Waals surface area contributed by atoms with Crippen LogP contribution in [0.25, 0.3) is 0 Å². The summed E-state index contributed by atoms with van der Waals surface area (Å²) in [6, 6.07) is 5.09. The van der Waals surface area contributed by atoms with E-state index in [4.69, 9.17) is 25.2 Å². The molecule has 1 rings (SSSR count). The highest BCUT2D eigenvalue weighted by atomic mass is 16.5.